The van der Waals surface area contributed by atoms with Gasteiger partial charge in [0.25, 0.3) is 0 Å². The van der Waals surface area contributed by atoms with Crippen molar-refractivity contribution in [3.05, 3.63) is 59.4 Å². The monoisotopic (exact) mass is 228 g/mol. The van der Waals surface area contributed by atoms with E-state index >= 15 is 0 Å². The van der Waals surface area contributed by atoms with E-state index in [4.69, 9.17) is 5.11 Å². The summed E-state index contributed by atoms with van der Waals surface area (Å²) >= 11 is 0. The number of nitrogens with zero attached hydrogens (tertiary/aromatic N) is 2. The average molecular weight is 228 g/mol. The summed E-state index contributed by atoms with van der Waals surface area (Å²) in [6.07, 6.45) is 4.27. The second kappa shape index (κ2) is 5.21. The van der Waals surface area contributed by atoms with E-state index in [-0.39, 0.29) is 5.56 Å². The maximum absolute atomic E-state index is 11.0. The number of carboxylic acids is 1. The minimum atomic E-state index is -0.956. The molecule has 0 bridgehead atoms. The van der Waals surface area contributed by atoms with Crippen molar-refractivity contribution in [2.45, 2.75) is 12.8 Å². The minimum Gasteiger partial charge on any atom is -0.478 e. The summed E-state index contributed by atoms with van der Waals surface area (Å²) in [5.41, 5.74) is 2.13. The first-order chi connectivity index (χ1) is 8.27. The SMILES string of the molecule is O=C(O)c1cnncc1CCc1ccccc1. The second-order valence-electron chi connectivity index (χ2n) is 3.72. The van der Waals surface area contributed by atoms with Gasteiger partial charge in [0.1, 0.15) is 0 Å². The van der Waals surface area contributed by atoms with Crippen LogP contribution in [0.4, 0.5) is 0 Å². The third-order valence-corrected chi connectivity index (χ3v) is 2.57. The summed E-state index contributed by atoms with van der Waals surface area (Å²) in [7, 11) is 0. The highest BCUT2D eigenvalue weighted by Gasteiger charge is 2.10. The maximum atomic E-state index is 11.0. The lowest BCUT2D eigenvalue weighted by Crippen LogP contribution is -2.05. The van der Waals surface area contributed by atoms with Crippen LogP contribution in [0.5, 0.6) is 0 Å². The molecule has 0 saturated heterocycles. The highest BCUT2D eigenvalue weighted by Crippen LogP contribution is 2.10. The van der Waals surface area contributed by atoms with Crippen molar-refractivity contribution >= 4 is 5.97 Å². The van der Waals surface area contributed by atoms with Gasteiger partial charge in [-0.05, 0) is 24.0 Å². The van der Waals surface area contributed by atoms with Gasteiger partial charge in [-0.15, -0.1) is 0 Å². The van der Waals surface area contributed by atoms with Gasteiger partial charge in [0.15, 0.2) is 0 Å². The molecule has 0 aliphatic carbocycles. The Hall–Kier alpha value is -2.23. The fourth-order valence-corrected chi connectivity index (χ4v) is 1.66. The van der Waals surface area contributed by atoms with Gasteiger partial charge in [0.2, 0.25) is 0 Å². The number of hydrogen-bond acceptors (Lipinski definition) is 3. The van der Waals surface area contributed by atoms with Crippen LogP contribution < -0.4 is 0 Å². The largest absolute Gasteiger partial charge is 0.478 e. The molecule has 1 N–H and O–H groups in total. The number of carbonyl (C=O) groups is 1. The first kappa shape index (κ1) is 11.3. The molecule has 0 amide bonds. The van der Waals surface area contributed by atoms with Crippen LogP contribution >= 0.6 is 0 Å². The van der Waals surface area contributed by atoms with E-state index in [2.05, 4.69) is 10.2 Å². The molecule has 0 fully saturated rings. The lowest BCUT2D eigenvalue weighted by Gasteiger charge is -2.04. The zero-order valence-corrected chi connectivity index (χ0v) is 9.21. The number of hydrogen-bond donors (Lipinski definition) is 1. The lowest BCUT2D eigenvalue weighted by atomic mass is 10.0. The number of aromatic nitrogens is 2. The van der Waals surface area contributed by atoms with Crippen LogP contribution in [0, 0.1) is 0 Å². The molecule has 0 atom stereocenters. The van der Waals surface area contributed by atoms with Gasteiger partial charge in [-0.2, -0.15) is 10.2 Å². The Bertz CT molecular complexity index is 512. The van der Waals surface area contributed by atoms with E-state index in [9.17, 15) is 4.79 Å². The zero-order chi connectivity index (χ0) is 12.1. The molecule has 17 heavy (non-hydrogen) atoms. The van der Waals surface area contributed by atoms with Gasteiger partial charge in [0.05, 0.1) is 18.0 Å². The molecule has 2 aromatic rings. The highest BCUT2D eigenvalue weighted by atomic mass is 16.4. The fraction of sp³-hybridized carbons (Fsp3) is 0.154. The third-order valence-electron chi connectivity index (χ3n) is 2.57. The molecule has 2 rings (SSSR count). The van der Waals surface area contributed by atoms with Gasteiger partial charge in [0, 0.05) is 0 Å². The zero-order valence-electron chi connectivity index (χ0n) is 9.21. The third kappa shape index (κ3) is 2.87. The van der Waals surface area contributed by atoms with Crippen molar-refractivity contribution in [3.63, 3.8) is 0 Å². The normalized spacial score (nSPS) is 10.1. The minimum absolute atomic E-state index is 0.232. The van der Waals surface area contributed by atoms with Crippen LogP contribution in [-0.4, -0.2) is 21.3 Å². The number of carboxylic acid groups (broad SMARTS) is 1. The molecular formula is C13H12N2O2. The van der Waals surface area contributed by atoms with Crippen molar-refractivity contribution in [1.29, 1.82) is 0 Å². The number of benzene rings is 1. The smallest absolute Gasteiger partial charge is 0.337 e. The summed E-state index contributed by atoms with van der Waals surface area (Å²) in [5, 5.41) is 16.3. The van der Waals surface area contributed by atoms with Crippen molar-refractivity contribution < 1.29 is 9.90 Å². The molecule has 1 aromatic carbocycles. The number of aryl methyl sites for hydroxylation is 2. The average Bonchev–Trinajstić information content (AvgIpc) is 2.38. The Morgan fingerprint density at radius 1 is 1.06 bits per heavy atom. The van der Waals surface area contributed by atoms with Gasteiger partial charge in [-0.3, -0.25) is 0 Å². The molecule has 0 unspecified atom stereocenters. The molecule has 1 heterocycles. The van der Waals surface area contributed by atoms with Gasteiger partial charge in [-0.25, -0.2) is 4.79 Å². The molecule has 0 aliphatic heterocycles. The van der Waals surface area contributed by atoms with Gasteiger partial charge < -0.3 is 5.11 Å². The van der Waals surface area contributed by atoms with E-state index in [0.29, 0.717) is 6.42 Å². The van der Waals surface area contributed by atoms with Crippen molar-refractivity contribution in [2.75, 3.05) is 0 Å². The fourth-order valence-electron chi connectivity index (χ4n) is 1.66. The van der Waals surface area contributed by atoms with E-state index in [0.717, 1.165) is 12.0 Å². The maximum Gasteiger partial charge on any atom is 0.337 e. The van der Waals surface area contributed by atoms with E-state index in [1.165, 1.54) is 18.0 Å². The van der Waals surface area contributed by atoms with Crippen molar-refractivity contribution in [2.24, 2.45) is 0 Å². The second-order valence-corrected chi connectivity index (χ2v) is 3.72. The molecule has 86 valence electrons. The first-order valence-corrected chi connectivity index (χ1v) is 5.34. The number of rotatable bonds is 4. The van der Waals surface area contributed by atoms with Gasteiger partial charge >= 0.3 is 5.97 Å². The Morgan fingerprint density at radius 2 is 1.76 bits per heavy atom. The van der Waals surface area contributed by atoms with Crippen molar-refractivity contribution in [1.82, 2.24) is 10.2 Å². The summed E-state index contributed by atoms with van der Waals surface area (Å²) in [5.74, 6) is -0.956. The highest BCUT2D eigenvalue weighted by molar-refractivity contribution is 5.88. The van der Waals surface area contributed by atoms with E-state index in [1.807, 2.05) is 30.3 Å². The molecular weight excluding hydrogens is 216 g/mol. The molecule has 1 aromatic heterocycles. The van der Waals surface area contributed by atoms with Crippen LogP contribution in [0.3, 0.4) is 0 Å². The predicted molar refractivity (Wildman–Crippen MR) is 62.8 cm³/mol. The standard InChI is InChI=1S/C13H12N2O2/c16-13(17)12-9-15-14-8-11(12)7-6-10-4-2-1-3-5-10/h1-5,8-9H,6-7H2,(H,16,17). The van der Waals surface area contributed by atoms with Gasteiger partial charge in [-0.1, -0.05) is 30.3 Å². The van der Waals surface area contributed by atoms with E-state index < -0.39 is 5.97 Å². The topological polar surface area (TPSA) is 63.1 Å². The van der Waals surface area contributed by atoms with Crippen LogP contribution in [0.15, 0.2) is 42.7 Å². The Morgan fingerprint density at radius 3 is 2.47 bits per heavy atom. The van der Waals surface area contributed by atoms with E-state index in [1.54, 1.807) is 0 Å². The molecule has 4 nitrogen and oxygen atoms in total. The van der Waals surface area contributed by atoms with Crippen LogP contribution in [0.1, 0.15) is 21.5 Å². The predicted octanol–water partition coefficient (Wildman–Crippen LogP) is 1.96. The Balaban J connectivity index is 2.12. The first-order valence-electron chi connectivity index (χ1n) is 5.34. The van der Waals surface area contributed by atoms with Crippen LogP contribution in [0.25, 0.3) is 0 Å². The molecule has 0 radical (unpaired) electrons. The molecule has 0 spiro atoms. The summed E-state index contributed by atoms with van der Waals surface area (Å²) < 4.78 is 0. The lowest BCUT2D eigenvalue weighted by molar-refractivity contribution is 0.0695. The molecule has 0 aliphatic rings. The van der Waals surface area contributed by atoms with Crippen LogP contribution in [0.2, 0.25) is 0 Å². The Labute approximate surface area is 98.9 Å². The molecule has 0 saturated carbocycles. The summed E-state index contributed by atoms with van der Waals surface area (Å²) in [6, 6.07) is 9.95. The number of aromatic carboxylic acids is 1. The van der Waals surface area contributed by atoms with Crippen LogP contribution in [-0.2, 0) is 12.8 Å². The summed E-state index contributed by atoms with van der Waals surface area (Å²) in [4.78, 5) is 11.0. The van der Waals surface area contributed by atoms with Crippen molar-refractivity contribution in [3.8, 4) is 0 Å². The Kier molecular flexibility index (Phi) is 3.45. The quantitative estimate of drug-likeness (QED) is 0.868. The molecule has 4 heteroatoms. The summed E-state index contributed by atoms with van der Waals surface area (Å²) in [6.45, 7) is 0.